The molecule has 0 spiro atoms. The summed E-state index contributed by atoms with van der Waals surface area (Å²) in [5.74, 6) is 0.275. The van der Waals surface area contributed by atoms with Crippen molar-refractivity contribution in [3.8, 4) is 0 Å². The summed E-state index contributed by atoms with van der Waals surface area (Å²) in [4.78, 5) is 12.3. The molecule has 5 heteroatoms. The van der Waals surface area contributed by atoms with Crippen molar-refractivity contribution in [2.75, 3.05) is 13.2 Å². The molecule has 1 heterocycles. The zero-order chi connectivity index (χ0) is 14.5. The predicted octanol–water partition coefficient (Wildman–Crippen LogP) is 3.00. The topological polar surface area (TPSA) is 54.3 Å². The van der Waals surface area contributed by atoms with Crippen LogP contribution >= 0.6 is 11.6 Å². The maximum Gasteiger partial charge on any atom is 0.267 e. The van der Waals surface area contributed by atoms with Gasteiger partial charge in [-0.2, -0.15) is 0 Å². The summed E-state index contributed by atoms with van der Waals surface area (Å²) in [5.41, 5.74) is 0.650. The number of rotatable bonds is 8. The maximum absolute atomic E-state index is 12.3. The van der Waals surface area contributed by atoms with Crippen molar-refractivity contribution in [1.29, 1.82) is 0 Å². The molecule has 1 aromatic heterocycles. The second kappa shape index (κ2) is 7.14. The van der Waals surface area contributed by atoms with E-state index in [0.29, 0.717) is 29.2 Å². The van der Waals surface area contributed by atoms with Gasteiger partial charge in [0.15, 0.2) is 0 Å². The van der Waals surface area contributed by atoms with Gasteiger partial charge in [-0.3, -0.25) is 4.79 Å². The van der Waals surface area contributed by atoms with Gasteiger partial charge in [0.1, 0.15) is 5.69 Å². The van der Waals surface area contributed by atoms with E-state index in [1.165, 1.54) is 0 Å². The van der Waals surface area contributed by atoms with Crippen LogP contribution < -0.4 is 5.32 Å². The van der Waals surface area contributed by atoms with Gasteiger partial charge in [-0.05, 0) is 37.7 Å². The molecule has 2 N–H and O–H groups in total. The number of aliphatic hydroxyl groups excluding tert-OH is 1. The Morgan fingerprint density at radius 1 is 1.55 bits per heavy atom. The molecule has 0 aromatic carbocycles. The Morgan fingerprint density at radius 3 is 2.90 bits per heavy atom. The van der Waals surface area contributed by atoms with E-state index in [-0.39, 0.29) is 12.5 Å². The average molecular weight is 299 g/mol. The Balaban J connectivity index is 1.94. The van der Waals surface area contributed by atoms with E-state index in [4.69, 9.17) is 16.7 Å². The highest BCUT2D eigenvalue weighted by atomic mass is 35.5. The van der Waals surface area contributed by atoms with E-state index in [0.717, 1.165) is 32.1 Å². The number of amides is 1. The van der Waals surface area contributed by atoms with Crippen LogP contribution in [0.25, 0.3) is 0 Å². The predicted molar refractivity (Wildman–Crippen MR) is 80.1 cm³/mol. The van der Waals surface area contributed by atoms with Crippen molar-refractivity contribution < 1.29 is 9.90 Å². The molecule has 1 atom stereocenters. The van der Waals surface area contributed by atoms with Crippen LogP contribution in [-0.4, -0.2) is 28.7 Å². The normalized spacial score (nSPS) is 16.1. The van der Waals surface area contributed by atoms with Gasteiger partial charge in [-0.15, -0.1) is 0 Å². The van der Waals surface area contributed by atoms with E-state index >= 15 is 0 Å². The first-order chi connectivity index (χ1) is 9.65. The first-order valence-corrected chi connectivity index (χ1v) is 7.80. The van der Waals surface area contributed by atoms with Crippen LogP contribution in [0.1, 0.15) is 55.6 Å². The molecule has 0 saturated heterocycles. The van der Waals surface area contributed by atoms with Gasteiger partial charge in [0, 0.05) is 25.4 Å². The molecule has 0 radical (unpaired) electrons. The highest BCUT2D eigenvalue weighted by Crippen LogP contribution is 2.37. The zero-order valence-corrected chi connectivity index (χ0v) is 12.7. The molecule has 1 saturated carbocycles. The molecule has 0 aliphatic heterocycles. The molecule has 4 nitrogen and oxygen atoms in total. The van der Waals surface area contributed by atoms with Crippen LogP contribution in [0.5, 0.6) is 0 Å². The fourth-order valence-electron chi connectivity index (χ4n) is 2.55. The maximum atomic E-state index is 12.3. The summed E-state index contributed by atoms with van der Waals surface area (Å²) in [6.07, 6.45) is 6.89. The second-order valence-corrected chi connectivity index (χ2v) is 6.00. The first-order valence-electron chi connectivity index (χ1n) is 7.42. The van der Waals surface area contributed by atoms with Gasteiger partial charge in [0.25, 0.3) is 5.91 Å². The highest BCUT2D eigenvalue weighted by Gasteiger charge is 2.27. The third kappa shape index (κ3) is 4.00. The van der Waals surface area contributed by atoms with Crippen LogP contribution in [0.15, 0.2) is 12.3 Å². The van der Waals surface area contributed by atoms with Crippen molar-refractivity contribution >= 4 is 17.5 Å². The summed E-state index contributed by atoms with van der Waals surface area (Å²) in [7, 11) is 0. The Morgan fingerprint density at radius 2 is 2.30 bits per heavy atom. The lowest BCUT2D eigenvalue weighted by Gasteiger charge is -2.16. The number of aliphatic hydroxyl groups is 1. The second-order valence-electron chi connectivity index (χ2n) is 5.56. The largest absolute Gasteiger partial charge is 0.396 e. The number of halogens is 1. The zero-order valence-electron chi connectivity index (χ0n) is 11.9. The third-order valence-corrected chi connectivity index (χ3v) is 3.98. The smallest absolute Gasteiger partial charge is 0.267 e. The third-order valence-electron chi connectivity index (χ3n) is 3.77. The molecule has 1 aliphatic carbocycles. The molecule has 1 fully saturated rings. The van der Waals surface area contributed by atoms with Crippen molar-refractivity contribution in [3.05, 3.63) is 23.0 Å². The standard InChI is InChI=1S/C15H23ClN2O2/c1-2-3-11(6-7-19)9-17-15(20)14-8-12(16)10-18(14)13-4-5-13/h8,10-11,13,19H,2-7,9H2,1H3,(H,17,20). The van der Waals surface area contributed by atoms with Crippen molar-refractivity contribution in [2.45, 2.75) is 45.1 Å². The molecular weight excluding hydrogens is 276 g/mol. The monoisotopic (exact) mass is 298 g/mol. The number of hydrogen-bond donors (Lipinski definition) is 2. The fourth-order valence-corrected chi connectivity index (χ4v) is 2.76. The fraction of sp³-hybridized carbons (Fsp3) is 0.667. The number of aromatic nitrogens is 1. The summed E-state index contributed by atoms with van der Waals surface area (Å²) < 4.78 is 1.98. The minimum atomic E-state index is -0.0668. The van der Waals surface area contributed by atoms with Crippen LogP contribution in [-0.2, 0) is 0 Å². The first kappa shape index (κ1) is 15.4. The van der Waals surface area contributed by atoms with Crippen LogP contribution in [0.4, 0.5) is 0 Å². The van der Waals surface area contributed by atoms with E-state index in [9.17, 15) is 4.79 Å². The molecule has 1 aromatic rings. The molecule has 1 aliphatic rings. The Bertz CT molecular complexity index is 449. The number of carbonyl (C=O) groups is 1. The van der Waals surface area contributed by atoms with E-state index in [1.54, 1.807) is 6.07 Å². The van der Waals surface area contributed by atoms with Crippen molar-refractivity contribution in [2.24, 2.45) is 5.92 Å². The van der Waals surface area contributed by atoms with Crippen LogP contribution in [0.3, 0.4) is 0 Å². The van der Waals surface area contributed by atoms with Gasteiger partial charge in [0.2, 0.25) is 0 Å². The van der Waals surface area contributed by atoms with E-state index in [2.05, 4.69) is 12.2 Å². The van der Waals surface area contributed by atoms with Crippen molar-refractivity contribution in [1.82, 2.24) is 9.88 Å². The van der Waals surface area contributed by atoms with Crippen LogP contribution in [0, 0.1) is 5.92 Å². The Hall–Kier alpha value is -1.00. The number of hydrogen-bond acceptors (Lipinski definition) is 2. The van der Waals surface area contributed by atoms with E-state index < -0.39 is 0 Å². The molecule has 20 heavy (non-hydrogen) atoms. The lowest BCUT2D eigenvalue weighted by Crippen LogP contribution is -2.31. The van der Waals surface area contributed by atoms with Gasteiger partial charge >= 0.3 is 0 Å². The van der Waals surface area contributed by atoms with E-state index in [1.807, 2.05) is 10.8 Å². The Labute approximate surface area is 125 Å². The number of nitrogens with zero attached hydrogens (tertiary/aromatic N) is 1. The van der Waals surface area contributed by atoms with Gasteiger partial charge in [-0.25, -0.2) is 0 Å². The SMILES string of the molecule is CCCC(CCO)CNC(=O)c1cc(Cl)cn1C1CC1. The minimum Gasteiger partial charge on any atom is -0.396 e. The number of carbonyl (C=O) groups excluding carboxylic acids is 1. The summed E-state index contributed by atoms with van der Waals surface area (Å²) in [6, 6.07) is 2.17. The van der Waals surface area contributed by atoms with Crippen molar-refractivity contribution in [3.63, 3.8) is 0 Å². The van der Waals surface area contributed by atoms with Gasteiger partial charge in [-0.1, -0.05) is 24.9 Å². The van der Waals surface area contributed by atoms with Gasteiger partial charge in [0.05, 0.1) is 5.02 Å². The average Bonchev–Trinajstić information content (AvgIpc) is 3.19. The molecular formula is C15H23ClN2O2. The summed E-state index contributed by atoms with van der Waals surface area (Å²) in [6.45, 7) is 2.90. The molecule has 112 valence electrons. The number of nitrogens with one attached hydrogen (secondary N) is 1. The lowest BCUT2D eigenvalue weighted by atomic mass is 10.0. The molecule has 0 bridgehead atoms. The Kier molecular flexibility index (Phi) is 5.49. The lowest BCUT2D eigenvalue weighted by molar-refractivity contribution is 0.0933. The minimum absolute atomic E-state index is 0.0668. The van der Waals surface area contributed by atoms with Gasteiger partial charge < -0.3 is 15.0 Å². The summed E-state index contributed by atoms with van der Waals surface area (Å²) in [5, 5.41) is 12.6. The highest BCUT2D eigenvalue weighted by molar-refractivity contribution is 6.31. The van der Waals surface area contributed by atoms with Crippen LogP contribution in [0.2, 0.25) is 5.02 Å². The quantitative estimate of drug-likeness (QED) is 0.775. The molecule has 1 amide bonds. The summed E-state index contributed by atoms with van der Waals surface area (Å²) >= 11 is 6.01. The molecule has 1 unspecified atom stereocenters. The molecule has 2 rings (SSSR count).